The lowest BCUT2D eigenvalue weighted by atomic mass is 9.59. The standard InChI is InChI=1S/C39H14B10N4O/c40-27-24(28(41)32(45)35(48)31(27)44)15-12-13-18-23(14-15)54-22-11-5-8-19(25(18)22)37-50-38(26-29(42)33(46)36(49)34(47)30(26)43)52-39(51-37)53-20-9-3-1-6-16(20)17-7-2-4-10-21(17)53/h1-14H. The fourth-order valence-electron chi connectivity index (χ4n) is 7.25. The fraction of sp³-hybridized carbons (Fsp3) is 0. The number of aromatic nitrogens is 4. The monoisotopic (exact) mass is 664 g/mol. The van der Waals surface area contributed by atoms with E-state index < -0.39 is 0 Å². The highest BCUT2D eigenvalue weighted by atomic mass is 16.3. The summed E-state index contributed by atoms with van der Waals surface area (Å²) in [4.78, 5) is 15.0. The topological polar surface area (TPSA) is 56.7 Å². The molecule has 0 amide bonds. The summed E-state index contributed by atoms with van der Waals surface area (Å²) in [5.74, 6) is 0.744. The SMILES string of the molecule is [B]c1c([B])c([B])c(-c2ccc3c(c2)oc2cccc(-c4nc(-c5c([B])c([B])c([B])c([B])c5[B])nc(-n5c6ccccc6c6ccccc65)n4)c23)c([B])c1[B]. The number of furan rings is 1. The van der Waals surface area contributed by atoms with Crippen molar-refractivity contribution in [2.24, 2.45) is 0 Å². The van der Waals surface area contributed by atoms with Crippen LogP contribution in [0.15, 0.2) is 89.3 Å². The fourth-order valence-corrected chi connectivity index (χ4v) is 7.25. The van der Waals surface area contributed by atoms with Crippen molar-refractivity contribution in [3.63, 3.8) is 0 Å². The molecule has 0 unspecified atom stereocenters. The van der Waals surface area contributed by atoms with Crippen LogP contribution in [0.5, 0.6) is 0 Å². The molecule has 9 aromatic rings. The molecule has 0 bridgehead atoms. The molecular formula is C39H14B10N4O. The predicted octanol–water partition coefficient (Wildman–Crippen LogP) is -2.19. The van der Waals surface area contributed by atoms with E-state index in [1.165, 1.54) is 0 Å². The summed E-state index contributed by atoms with van der Waals surface area (Å²) in [5, 5.41) is 3.53. The Hall–Kier alpha value is -5.42. The van der Waals surface area contributed by atoms with E-state index in [4.69, 9.17) is 97.8 Å². The lowest BCUT2D eigenvalue weighted by molar-refractivity contribution is 0.669. The normalized spacial score (nSPS) is 11.7. The number of hydrogen-bond acceptors (Lipinski definition) is 4. The number of rotatable bonds is 4. The van der Waals surface area contributed by atoms with Crippen LogP contribution in [0.3, 0.4) is 0 Å². The number of para-hydroxylation sites is 2. The Labute approximate surface area is 324 Å². The van der Waals surface area contributed by atoms with Crippen molar-refractivity contribution in [3.05, 3.63) is 84.9 Å². The summed E-state index contributed by atoms with van der Waals surface area (Å²) in [6.45, 7) is 0. The molecule has 0 fully saturated rings. The van der Waals surface area contributed by atoms with Crippen molar-refractivity contribution in [3.8, 4) is 39.9 Å². The molecule has 0 N–H and O–H groups in total. The van der Waals surface area contributed by atoms with Crippen molar-refractivity contribution < 1.29 is 4.42 Å². The molecule has 6 aromatic carbocycles. The van der Waals surface area contributed by atoms with Crippen molar-refractivity contribution in [1.29, 1.82) is 0 Å². The van der Waals surface area contributed by atoms with Crippen LogP contribution in [0.4, 0.5) is 0 Å². The van der Waals surface area contributed by atoms with E-state index in [0.717, 1.165) is 32.6 Å². The maximum absolute atomic E-state index is 6.58. The van der Waals surface area contributed by atoms with Crippen LogP contribution in [0.25, 0.3) is 83.6 Å². The summed E-state index contributed by atoms with van der Waals surface area (Å²) in [6.07, 6.45) is 0. The molecule has 0 saturated carbocycles. The van der Waals surface area contributed by atoms with Gasteiger partial charge in [-0.05, 0) is 41.5 Å². The molecule has 3 heterocycles. The zero-order chi connectivity index (χ0) is 37.7. The van der Waals surface area contributed by atoms with Gasteiger partial charge in [-0.15, -0.1) is 32.8 Å². The van der Waals surface area contributed by atoms with Gasteiger partial charge < -0.3 is 4.42 Å². The van der Waals surface area contributed by atoms with Crippen LogP contribution in [0, 0.1) is 0 Å². The van der Waals surface area contributed by atoms with Crippen LogP contribution in [0.2, 0.25) is 0 Å². The van der Waals surface area contributed by atoms with Crippen LogP contribution < -0.4 is 54.6 Å². The van der Waals surface area contributed by atoms with Crippen molar-refractivity contribution in [2.75, 3.05) is 0 Å². The van der Waals surface area contributed by atoms with E-state index in [2.05, 4.69) is 12.1 Å². The van der Waals surface area contributed by atoms with E-state index in [-0.39, 0.29) is 66.0 Å². The summed E-state index contributed by atoms with van der Waals surface area (Å²) in [7, 11) is 63.2. The Kier molecular flexibility index (Phi) is 8.00. The molecule has 54 heavy (non-hydrogen) atoms. The summed E-state index contributed by atoms with van der Waals surface area (Å²) < 4.78 is 8.39. The third kappa shape index (κ3) is 4.97. The maximum Gasteiger partial charge on any atom is 0.238 e. The molecule has 0 aliphatic rings. The molecular weight excluding hydrogens is 649 g/mol. The smallest absolute Gasteiger partial charge is 0.238 e. The van der Waals surface area contributed by atoms with Gasteiger partial charge in [0.25, 0.3) is 0 Å². The number of fused-ring (bicyclic) bond motifs is 6. The predicted molar refractivity (Wildman–Crippen MR) is 232 cm³/mol. The minimum atomic E-state index is 0.0710. The summed E-state index contributed by atoms with van der Waals surface area (Å²) in [6, 6.07) is 27.2. The first-order valence-electron chi connectivity index (χ1n) is 16.7. The minimum absolute atomic E-state index is 0.0710. The third-order valence-corrected chi connectivity index (χ3v) is 10.1. The Balaban J connectivity index is 1.34. The van der Waals surface area contributed by atoms with Crippen LogP contribution in [-0.4, -0.2) is 98.0 Å². The summed E-state index contributed by atoms with van der Waals surface area (Å²) >= 11 is 0. The van der Waals surface area contributed by atoms with Gasteiger partial charge in [0.05, 0.1) is 11.0 Å². The second kappa shape index (κ2) is 12.6. The van der Waals surface area contributed by atoms with Crippen LogP contribution in [0.1, 0.15) is 0 Å². The Morgan fingerprint density at radius 1 is 0.426 bits per heavy atom. The van der Waals surface area contributed by atoms with Gasteiger partial charge in [0.2, 0.25) is 5.95 Å². The Morgan fingerprint density at radius 2 is 0.944 bits per heavy atom. The highest BCUT2D eigenvalue weighted by Gasteiger charge is 2.23. The number of nitrogens with zero attached hydrogens (tertiary/aromatic N) is 4. The van der Waals surface area contributed by atoms with Gasteiger partial charge in [0.15, 0.2) is 11.6 Å². The van der Waals surface area contributed by atoms with Gasteiger partial charge in [-0.2, -0.15) is 9.97 Å². The molecule has 0 aliphatic heterocycles. The highest BCUT2D eigenvalue weighted by molar-refractivity contribution is 6.69. The lowest BCUT2D eigenvalue weighted by Gasteiger charge is -2.21. The van der Waals surface area contributed by atoms with E-state index in [1.54, 1.807) is 0 Å². The largest absolute Gasteiger partial charge is 0.456 e. The van der Waals surface area contributed by atoms with Gasteiger partial charge in [0, 0.05) is 32.7 Å². The Morgan fingerprint density at radius 3 is 1.54 bits per heavy atom. The zero-order valence-corrected chi connectivity index (χ0v) is 28.6. The summed E-state index contributed by atoms with van der Waals surface area (Å²) in [5.41, 5.74) is 6.08. The van der Waals surface area contributed by atoms with E-state index in [1.807, 2.05) is 77.4 Å². The minimum Gasteiger partial charge on any atom is -0.456 e. The van der Waals surface area contributed by atoms with Crippen LogP contribution >= 0.6 is 0 Å². The third-order valence-electron chi connectivity index (χ3n) is 10.1. The molecule has 3 aromatic heterocycles. The first-order valence-corrected chi connectivity index (χ1v) is 16.7. The van der Waals surface area contributed by atoms with Crippen molar-refractivity contribution in [1.82, 2.24) is 19.5 Å². The van der Waals surface area contributed by atoms with Crippen LogP contribution in [-0.2, 0) is 0 Å². The first-order chi connectivity index (χ1) is 26.0. The molecule has 0 aliphatic carbocycles. The molecule has 0 saturated heterocycles. The van der Waals surface area contributed by atoms with Gasteiger partial charge in [0.1, 0.15) is 89.6 Å². The van der Waals surface area contributed by atoms with Gasteiger partial charge >= 0.3 is 0 Å². The highest BCUT2D eigenvalue weighted by Crippen LogP contribution is 2.38. The average Bonchev–Trinajstić information content (AvgIpc) is 3.73. The van der Waals surface area contributed by atoms with Gasteiger partial charge in [-0.25, -0.2) is 4.98 Å². The molecule has 20 radical (unpaired) electrons. The quantitative estimate of drug-likeness (QED) is 0.201. The van der Waals surface area contributed by atoms with E-state index >= 15 is 0 Å². The van der Waals surface area contributed by atoms with E-state index in [0.29, 0.717) is 39.6 Å². The van der Waals surface area contributed by atoms with Gasteiger partial charge in [-0.3, -0.25) is 4.57 Å². The second-order valence-electron chi connectivity index (χ2n) is 13.0. The maximum atomic E-state index is 6.58. The lowest BCUT2D eigenvalue weighted by Crippen LogP contribution is -2.55. The first kappa shape index (κ1) is 34.4. The Bertz CT molecular complexity index is 2970. The molecule has 5 nitrogen and oxygen atoms in total. The number of benzene rings is 6. The second-order valence-corrected chi connectivity index (χ2v) is 13.0. The zero-order valence-electron chi connectivity index (χ0n) is 28.6. The average molecular weight is 663 g/mol. The molecule has 15 heteroatoms. The molecule has 226 valence electrons. The molecule has 9 rings (SSSR count). The van der Waals surface area contributed by atoms with Gasteiger partial charge in [-0.1, -0.05) is 76.4 Å². The molecule has 0 spiro atoms. The van der Waals surface area contributed by atoms with Crippen molar-refractivity contribution >= 4 is 177 Å². The van der Waals surface area contributed by atoms with Crippen molar-refractivity contribution in [2.45, 2.75) is 0 Å². The molecule has 0 atom stereocenters. The number of hydrogen-bond donors (Lipinski definition) is 0. The van der Waals surface area contributed by atoms with E-state index in [9.17, 15) is 0 Å².